The van der Waals surface area contributed by atoms with Gasteiger partial charge >= 0.3 is 51.4 Å². The molecule has 2 nitrogen and oxygen atoms in total. The predicted octanol–water partition coefficient (Wildman–Crippen LogP) is -3.29. The summed E-state index contributed by atoms with van der Waals surface area (Å²) >= 11 is 0. The van der Waals surface area contributed by atoms with E-state index >= 15 is 0 Å². The maximum absolute atomic E-state index is 10.1. The predicted molar refractivity (Wildman–Crippen MR) is 26.9 cm³/mol. The van der Waals surface area contributed by atoms with Gasteiger partial charge in [-0.3, -0.25) is 0 Å². The second-order valence-electron chi connectivity index (χ2n) is 2.31. The van der Waals surface area contributed by atoms with Gasteiger partial charge in [0.2, 0.25) is 0 Å². The van der Waals surface area contributed by atoms with Gasteiger partial charge in [0, 0.05) is 5.41 Å². The van der Waals surface area contributed by atoms with Gasteiger partial charge in [0.15, 0.2) is 0 Å². The molecule has 1 aliphatic rings. The third-order valence-corrected chi connectivity index (χ3v) is 1.49. The molecule has 0 bridgehead atoms. The number of carboxylic acid groups (broad SMARTS) is 1. The summed E-state index contributed by atoms with van der Waals surface area (Å²) in [5.74, 6) is -0.972. The van der Waals surface area contributed by atoms with Crippen LogP contribution in [0.5, 0.6) is 0 Å². The summed E-state index contributed by atoms with van der Waals surface area (Å²) in [5, 5.41) is 10.1. The first-order valence-electron chi connectivity index (χ1n) is 2.54. The minimum absolute atomic E-state index is 0. The van der Waals surface area contributed by atoms with Crippen LogP contribution >= 0.6 is 0 Å². The normalized spacial score (nSPS) is 30.3. The van der Waals surface area contributed by atoms with E-state index in [4.69, 9.17) is 0 Å². The smallest absolute Gasteiger partial charge is 0.549 e. The zero-order valence-electron chi connectivity index (χ0n) is 5.68. The molecule has 0 saturated carbocycles. The standard InChI is InChI=1S/C6H8O2.K/c1-6(5(7)8)3-2-4-6;/h2-3H,4H2,1H3,(H,7,8);/q;+1/p-1. The fraction of sp³-hybridized carbons (Fsp3) is 0.500. The average molecular weight is 150 g/mol. The van der Waals surface area contributed by atoms with E-state index in [2.05, 4.69) is 0 Å². The molecule has 9 heavy (non-hydrogen) atoms. The number of aliphatic carboxylic acids is 1. The first-order chi connectivity index (χ1) is 3.65. The monoisotopic (exact) mass is 150 g/mol. The summed E-state index contributed by atoms with van der Waals surface area (Å²) in [6.07, 6.45) is 4.10. The largest absolute Gasteiger partial charge is 1.00 e. The van der Waals surface area contributed by atoms with E-state index in [9.17, 15) is 9.90 Å². The molecule has 0 spiro atoms. The van der Waals surface area contributed by atoms with Gasteiger partial charge in [-0.2, -0.15) is 0 Å². The summed E-state index contributed by atoms with van der Waals surface area (Å²) < 4.78 is 0. The minimum Gasteiger partial charge on any atom is -0.549 e. The Hall–Kier alpha value is 0.846. The van der Waals surface area contributed by atoms with Crippen LogP contribution in [-0.4, -0.2) is 5.97 Å². The zero-order chi connectivity index (χ0) is 6.20. The average Bonchev–Trinajstić information content (AvgIpc) is 1.60. The number of carbonyl (C=O) groups excluding carboxylic acids is 1. The quantitative estimate of drug-likeness (QED) is 0.290. The second-order valence-corrected chi connectivity index (χ2v) is 2.31. The van der Waals surface area contributed by atoms with Gasteiger partial charge in [0.05, 0.1) is 5.97 Å². The van der Waals surface area contributed by atoms with Gasteiger partial charge in [-0.05, 0) is 6.42 Å². The molecule has 0 aromatic heterocycles. The Bertz CT molecular complexity index is 153. The van der Waals surface area contributed by atoms with E-state index in [1.807, 2.05) is 6.08 Å². The Labute approximate surface area is 96.7 Å². The van der Waals surface area contributed by atoms with Crippen molar-refractivity contribution < 1.29 is 61.3 Å². The van der Waals surface area contributed by atoms with Crippen LogP contribution in [0, 0.1) is 5.41 Å². The van der Waals surface area contributed by atoms with Crippen molar-refractivity contribution in [1.82, 2.24) is 0 Å². The van der Waals surface area contributed by atoms with Gasteiger partial charge in [-0.1, -0.05) is 19.1 Å². The topological polar surface area (TPSA) is 40.1 Å². The number of hydrogen-bond acceptors (Lipinski definition) is 2. The van der Waals surface area contributed by atoms with Gasteiger partial charge in [-0.15, -0.1) is 0 Å². The first-order valence-corrected chi connectivity index (χ1v) is 2.54. The Morgan fingerprint density at radius 2 is 2.22 bits per heavy atom. The number of rotatable bonds is 1. The van der Waals surface area contributed by atoms with Crippen LogP contribution in [0.15, 0.2) is 12.2 Å². The van der Waals surface area contributed by atoms with Gasteiger partial charge < -0.3 is 9.90 Å². The van der Waals surface area contributed by atoms with Crippen molar-refractivity contribution in [2.24, 2.45) is 5.41 Å². The van der Waals surface area contributed by atoms with Crippen LogP contribution < -0.4 is 56.5 Å². The Balaban J connectivity index is 0.000000640. The number of carbonyl (C=O) groups is 1. The Morgan fingerprint density at radius 3 is 2.22 bits per heavy atom. The molecule has 1 atom stereocenters. The maximum atomic E-state index is 10.1. The molecule has 0 N–H and O–H groups in total. The summed E-state index contributed by atoms with van der Waals surface area (Å²) in [6.45, 7) is 1.66. The SMILES string of the molecule is CC1(C(=O)[O-])C=CC1.[K+]. The molecule has 1 aliphatic carbocycles. The number of allylic oxidation sites excluding steroid dienone is 1. The molecule has 1 unspecified atom stereocenters. The molecule has 0 fully saturated rings. The first kappa shape index (κ1) is 9.85. The van der Waals surface area contributed by atoms with Crippen molar-refractivity contribution in [3.8, 4) is 0 Å². The molecule has 0 amide bonds. The summed E-state index contributed by atoms with van der Waals surface area (Å²) in [5.41, 5.74) is -0.653. The van der Waals surface area contributed by atoms with Crippen molar-refractivity contribution in [3.63, 3.8) is 0 Å². The molecule has 0 radical (unpaired) electrons. The summed E-state index contributed by atoms with van der Waals surface area (Å²) in [7, 11) is 0. The third-order valence-electron chi connectivity index (χ3n) is 1.49. The van der Waals surface area contributed by atoms with E-state index in [-0.39, 0.29) is 51.4 Å². The summed E-state index contributed by atoms with van der Waals surface area (Å²) in [4.78, 5) is 10.1. The molecular formula is C6H7KO2. The molecule has 0 heterocycles. The van der Waals surface area contributed by atoms with Crippen LogP contribution in [0.25, 0.3) is 0 Å². The molecule has 0 aromatic rings. The van der Waals surface area contributed by atoms with Gasteiger partial charge in [0.25, 0.3) is 0 Å². The van der Waals surface area contributed by atoms with Crippen molar-refractivity contribution in [3.05, 3.63) is 12.2 Å². The maximum Gasteiger partial charge on any atom is 1.00 e. The van der Waals surface area contributed by atoms with Gasteiger partial charge in [0.1, 0.15) is 0 Å². The van der Waals surface area contributed by atoms with Crippen LogP contribution in [0.3, 0.4) is 0 Å². The van der Waals surface area contributed by atoms with Crippen molar-refractivity contribution in [1.29, 1.82) is 0 Å². The fourth-order valence-electron chi connectivity index (χ4n) is 0.623. The second kappa shape index (κ2) is 3.30. The van der Waals surface area contributed by atoms with E-state index in [1.54, 1.807) is 13.0 Å². The molecular weight excluding hydrogens is 143 g/mol. The molecule has 1 rings (SSSR count). The third kappa shape index (κ3) is 1.88. The van der Waals surface area contributed by atoms with Crippen LogP contribution in [0.1, 0.15) is 13.3 Å². The molecule has 0 aromatic carbocycles. The van der Waals surface area contributed by atoms with Crippen LogP contribution in [0.4, 0.5) is 0 Å². The van der Waals surface area contributed by atoms with E-state index in [0.717, 1.165) is 0 Å². The minimum atomic E-state index is -0.972. The summed E-state index contributed by atoms with van der Waals surface area (Å²) in [6, 6.07) is 0. The number of hydrogen-bond donors (Lipinski definition) is 0. The molecule has 3 heteroatoms. The van der Waals surface area contributed by atoms with Crippen molar-refractivity contribution in [2.45, 2.75) is 13.3 Å². The van der Waals surface area contributed by atoms with Crippen molar-refractivity contribution in [2.75, 3.05) is 0 Å². The Morgan fingerprint density at radius 1 is 1.78 bits per heavy atom. The van der Waals surface area contributed by atoms with Crippen LogP contribution in [-0.2, 0) is 4.79 Å². The Kier molecular flexibility index (Phi) is 3.61. The van der Waals surface area contributed by atoms with Gasteiger partial charge in [-0.25, -0.2) is 0 Å². The number of carboxylic acids is 1. The fourth-order valence-corrected chi connectivity index (χ4v) is 0.623. The van der Waals surface area contributed by atoms with Crippen molar-refractivity contribution >= 4 is 5.97 Å². The molecule has 44 valence electrons. The van der Waals surface area contributed by atoms with E-state index in [0.29, 0.717) is 6.42 Å². The van der Waals surface area contributed by atoms with E-state index in [1.165, 1.54) is 0 Å². The molecule has 0 saturated heterocycles. The van der Waals surface area contributed by atoms with E-state index < -0.39 is 11.4 Å². The zero-order valence-corrected chi connectivity index (χ0v) is 8.80. The molecule has 0 aliphatic heterocycles. The van der Waals surface area contributed by atoms with Crippen LogP contribution in [0.2, 0.25) is 0 Å².